The average molecular weight is 351 g/mol. The number of nitrogens with one attached hydrogen (secondary N) is 1. The molecule has 1 aliphatic rings. The van der Waals surface area contributed by atoms with Crippen molar-refractivity contribution in [3.63, 3.8) is 0 Å². The van der Waals surface area contributed by atoms with Crippen molar-refractivity contribution in [2.45, 2.75) is 32.1 Å². The van der Waals surface area contributed by atoms with Gasteiger partial charge in [0.25, 0.3) is 6.01 Å². The van der Waals surface area contributed by atoms with Crippen LogP contribution in [0.5, 0.6) is 5.75 Å². The molecule has 0 spiro atoms. The van der Waals surface area contributed by atoms with E-state index >= 15 is 0 Å². The van der Waals surface area contributed by atoms with Crippen LogP contribution >= 0.6 is 0 Å². The topological polar surface area (TPSA) is 77.2 Å². The van der Waals surface area contributed by atoms with Gasteiger partial charge in [-0.15, -0.1) is 0 Å². The van der Waals surface area contributed by atoms with Gasteiger partial charge in [0.2, 0.25) is 0 Å². The summed E-state index contributed by atoms with van der Waals surface area (Å²) in [4.78, 5) is 20.5. The second-order valence-corrected chi connectivity index (χ2v) is 6.64. The summed E-state index contributed by atoms with van der Waals surface area (Å²) in [5.41, 5.74) is 1.58. The SMILES string of the molecule is O=C(Oc1ccc2nc(NCC3CCCCC3)oc2c1)c1ccccn1. The number of anilines is 1. The lowest BCUT2D eigenvalue weighted by Gasteiger charge is -2.21. The number of benzene rings is 1. The molecule has 1 saturated carbocycles. The van der Waals surface area contributed by atoms with Gasteiger partial charge in [-0.05, 0) is 43.0 Å². The molecule has 0 amide bonds. The molecule has 134 valence electrons. The zero-order valence-corrected chi connectivity index (χ0v) is 14.5. The van der Waals surface area contributed by atoms with Crippen LogP contribution in [0.15, 0.2) is 47.0 Å². The fourth-order valence-electron chi connectivity index (χ4n) is 3.31. The number of hydrogen-bond acceptors (Lipinski definition) is 6. The Morgan fingerprint density at radius 3 is 2.88 bits per heavy atom. The Labute approximate surface area is 151 Å². The van der Waals surface area contributed by atoms with Crippen molar-refractivity contribution in [3.05, 3.63) is 48.3 Å². The van der Waals surface area contributed by atoms with E-state index in [9.17, 15) is 4.79 Å². The van der Waals surface area contributed by atoms with Gasteiger partial charge in [0.15, 0.2) is 5.58 Å². The number of fused-ring (bicyclic) bond motifs is 1. The highest BCUT2D eigenvalue weighted by molar-refractivity contribution is 5.89. The summed E-state index contributed by atoms with van der Waals surface area (Å²) in [5, 5.41) is 3.29. The predicted molar refractivity (Wildman–Crippen MR) is 98.3 cm³/mol. The van der Waals surface area contributed by atoms with Gasteiger partial charge in [-0.2, -0.15) is 4.98 Å². The number of rotatable bonds is 5. The highest BCUT2D eigenvalue weighted by Gasteiger charge is 2.15. The summed E-state index contributed by atoms with van der Waals surface area (Å²) in [7, 11) is 0. The molecule has 26 heavy (non-hydrogen) atoms. The number of pyridine rings is 1. The first-order valence-electron chi connectivity index (χ1n) is 9.05. The maximum atomic E-state index is 12.1. The van der Waals surface area contributed by atoms with Crippen LogP contribution < -0.4 is 10.1 Å². The van der Waals surface area contributed by atoms with Gasteiger partial charge in [0.1, 0.15) is 17.0 Å². The molecule has 0 unspecified atom stereocenters. The van der Waals surface area contributed by atoms with E-state index in [0.29, 0.717) is 23.3 Å². The average Bonchev–Trinajstić information content (AvgIpc) is 3.10. The van der Waals surface area contributed by atoms with Gasteiger partial charge < -0.3 is 14.5 Å². The molecule has 2 heterocycles. The van der Waals surface area contributed by atoms with Crippen LogP contribution in [0, 0.1) is 5.92 Å². The Kier molecular flexibility index (Phi) is 4.82. The first-order chi connectivity index (χ1) is 12.8. The van der Waals surface area contributed by atoms with Crippen LogP contribution in [0.1, 0.15) is 42.6 Å². The summed E-state index contributed by atoms with van der Waals surface area (Å²) in [6.07, 6.45) is 8.05. The first-order valence-corrected chi connectivity index (χ1v) is 9.05. The first kappa shape index (κ1) is 16.6. The van der Waals surface area contributed by atoms with Crippen molar-refractivity contribution >= 4 is 23.1 Å². The van der Waals surface area contributed by atoms with Crippen molar-refractivity contribution in [3.8, 4) is 5.75 Å². The Morgan fingerprint density at radius 1 is 1.19 bits per heavy atom. The third-order valence-corrected chi connectivity index (χ3v) is 4.71. The van der Waals surface area contributed by atoms with E-state index in [1.54, 1.807) is 42.6 Å². The normalized spacial score (nSPS) is 15.1. The molecule has 1 aromatic carbocycles. The van der Waals surface area contributed by atoms with E-state index in [2.05, 4.69) is 15.3 Å². The van der Waals surface area contributed by atoms with Crippen LogP contribution in [0.25, 0.3) is 11.1 Å². The van der Waals surface area contributed by atoms with E-state index < -0.39 is 5.97 Å². The fourth-order valence-corrected chi connectivity index (χ4v) is 3.31. The van der Waals surface area contributed by atoms with Crippen molar-refractivity contribution in [2.75, 3.05) is 11.9 Å². The second-order valence-electron chi connectivity index (χ2n) is 6.64. The van der Waals surface area contributed by atoms with Gasteiger partial charge in [-0.3, -0.25) is 0 Å². The lowest BCUT2D eigenvalue weighted by molar-refractivity contribution is 0.0729. The number of carbonyl (C=O) groups excluding carboxylic acids is 1. The van der Waals surface area contributed by atoms with Crippen LogP contribution in [-0.4, -0.2) is 22.5 Å². The molecule has 0 radical (unpaired) electrons. The van der Waals surface area contributed by atoms with Crippen molar-refractivity contribution in [1.29, 1.82) is 0 Å². The molecule has 2 aromatic heterocycles. The molecule has 1 fully saturated rings. The maximum Gasteiger partial charge on any atom is 0.362 e. The van der Waals surface area contributed by atoms with E-state index in [1.807, 2.05) is 0 Å². The molecule has 6 nitrogen and oxygen atoms in total. The molecular weight excluding hydrogens is 330 g/mol. The van der Waals surface area contributed by atoms with Crippen LogP contribution in [-0.2, 0) is 0 Å². The molecule has 0 bridgehead atoms. The maximum absolute atomic E-state index is 12.1. The number of ether oxygens (including phenoxy) is 1. The molecule has 0 aliphatic heterocycles. The largest absolute Gasteiger partial charge is 0.423 e. The number of aromatic nitrogens is 2. The number of esters is 1. The van der Waals surface area contributed by atoms with Crippen LogP contribution in [0.3, 0.4) is 0 Å². The van der Waals surface area contributed by atoms with Gasteiger partial charge in [0, 0.05) is 18.8 Å². The fraction of sp³-hybridized carbons (Fsp3) is 0.350. The van der Waals surface area contributed by atoms with E-state index in [-0.39, 0.29) is 5.69 Å². The summed E-state index contributed by atoms with van der Waals surface area (Å²) >= 11 is 0. The summed E-state index contributed by atoms with van der Waals surface area (Å²) < 4.78 is 11.1. The summed E-state index contributed by atoms with van der Waals surface area (Å²) in [6.45, 7) is 0.883. The quantitative estimate of drug-likeness (QED) is 0.541. The number of hydrogen-bond donors (Lipinski definition) is 1. The van der Waals surface area contributed by atoms with Crippen molar-refractivity contribution < 1.29 is 13.9 Å². The van der Waals surface area contributed by atoms with Gasteiger partial charge in [-0.1, -0.05) is 25.3 Å². The highest BCUT2D eigenvalue weighted by Crippen LogP contribution is 2.26. The number of carbonyl (C=O) groups is 1. The molecule has 0 saturated heterocycles. The molecule has 6 heteroatoms. The van der Waals surface area contributed by atoms with E-state index in [0.717, 1.165) is 12.1 Å². The number of oxazole rings is 1. The van der Waals surface area contributed by atoms with Crippen LogP contribution in [0.4, 0.5) is 6.01 Å². The Balaban J connectivity index is 1.43. The van der Waals surface area contributed by atoms with Crippen molar-refractivity contribution in [2.24, 2.45) is 5.92 Å². The minimum absolute atomic E-state index is 0.264. The summed E-state index contributed by atoms with van der Waals surface area (Å²) in [6, 6.07) is 10.8. The van der Waals surface area contributed by atoms with E-state index in [1.165, 1.54) is 32.1 Å². The number of nitrogens with zero attached hydrogens (tertiary/aromatic N) is 2. The Hall–Kier alpha value is -2.89. The Bertz CT molecular complexity index is 886. The van der Waals surface area contributed by atoms with Crippen LogP contribution in [0.2, 0.25) is 0 Å². The van der Waals surface area contributed by atoms with E-state index in [4.69, 9.17) is 9.15 Å². The van der Waals surface area contributed by atoms with Gasteiger partial charge >= 0.3 is 5.97 Å². The zero-order valence-electron chi connectivity index (χ0n) is 14.5. The van der Waals surface area contributed by atoms with Crippen molar-refractivity contribution in [1.82, 2.24) is 9.97 Å². The monoisotopic (exact) mass is 351 g/mol. The predicted octanol–water partition coefficient (Wildman–Crippen LogP) is 4.43. The second kappa shape index (κ2) is 7.56. The van der Waals surface area contributed by atoms with Gasteiger partial charge in [-0.25, -0.2) is 9.78 Å². The molecule has 4 rings (SSSR count). The smallest absolute Gasteiger partial charge is 0.362 e. The Morgan fingerprint density at radius 2 is 2.08 bits per heavy atom. The minimum Gasteiger partial charge on any atom is -0.423 e. The molecule has 3 aromatic rings. The molecule has 0 atom stereocenters. The summed E-state index contributed by atoms with van der Waals surface area (Å²) in [5.74, 6) is 0.594. The lowest BCUT2D eigenvalue weighted by Crippen LogP contribution is -2.17. The molecule has 1 aliphatic carbocycles. The zero-order chi connectivity index (χ0) is 17.8. The minimum atomic E-state index is -0.500. The third-order valence-electron chi connectivity index (χ3n) is 4.71. The van der Waals surface area contributed by atoms with Gasteiger partial charge in [0.05, 0.1) is 0 Å². The molecular formula is C20H21N3O3. The third kappa shape index (κ3) is 3.85. The standard InChI is InChI=1S/C20H21N3O3/c24-19(17-8-4-5-11-21-17)25-15-9-10-16-18(12-15)26-20(23-16)22-13-14-6-2-1-3-7-14/h4-5,8-12,14H,1-3,6-7,13H2,(H,22,23). The lowest BCUT2D eigenvalue weighted by atomic mass is 9.89. The highest BCUT2D eigenvalue weighted by atomic mass is 16.5. The molecule has 1 N–H and O–H groups in total.